The molecule has 0 aliphatic carbocycles. The monoisotopic (exact) mass is 437 g/mol. The van der Waals surface area contributed by atoms with Gasteiger partial charge < -0.3 is 14.8 Å². The zero-order chi connectivity index (χ0) is 21.7. The van der Waals surface area contributed by atoms with Crippen molar-refractivity contribution in [3.63, 3.8) is 0 Å². The SMILES string of the molecule is CCOc1cc(CNC(C)(C)CC(C)(C)C)ccc1OCc1c(Cl)cccc1Cl. The van der Waals surface area contributed by atoms with E-state index in [1.807, 2.05) is 37.3 Å². The summed E-state index contributed by atoms with van der Waals surface area (Å²) in [7, 11) is 0. The van der Waals surface area contributed by atoms with Crippen LogP contribution in [0.3, 0.4) is 0 Å². The lowest BCUT2D eigenvalue weighted by Crippen LogP contribution is -2.41. The Hall–Kier alpha value is -1.42. The molecule has 5 heteroatoms. The molecule has 0 unspecified atom stereocenters. The number of benzene rings is 2. The van der Waals surface area contributed by atoms with Crippen molar-refractivity contribution in [3.05, 3.63) is 57.6 Å². The molecule has 2 rings (SSSR count). The summed E-state index contributed by atoms with van der Waals surface area (Å²) >= 11 is 12.5. The van der Waals surface area contributed by atoms with Crippen LogP contribution in [-0.4, -0.2) is 12.1 Å². The third-order valence-electron chi connectivity index (χ3n) is 4.48. The van der Waals surface area contributed by atoms with Crippen molar-refractivity contribution >= 4 is 23.2 Å². The van der Waals surface area contributed by atoms with Gasteiger partial charge in [-0.3, -0.25) is 0 Å². The third-order valence-corrected chi connectivity index (χ3v) is 5.19. The van der Waals surface area contributed by atoms with Gasteiger partial charge in [0.2, 0.25) is 0 Å². The summed E-state index contributed by atoms with van der Waals surface area (Å²) in [5.41, 5.74) is 2.23. The minimum absolute atomic E-state index is 0.0417. The van der Waals surface area contributed by atoms with Crippen LogP contribution in [0.1, 0.15) is 59.1 Å². The maximum Gasteiger partial charge on any atom is 0.161 e. The molecule has 0 fully saturated rings. The second-order valence-electron chi connectivity index (χ2n) is 9.18. The van der Waals surface area contributed by atoms with Crippen LogP contribution < -0.4 is 14.8 Å². The van der Waals surface area contributed by atoms with E-state index in [9.17, 15) is 0 Å². The van der Waals surface area contributed by atoms with Crippen molar-refractivity contribution in [3.8, 4) is 11.5 Å². The molecule has 0 atom stereocenters. The van der Waals surface area contributed by atoms with Crippen LogP contribution in [0, 0.1) is 5.41 Å². The summed E-state index contributed by atoms with van der Waals surface area (Å²) in [6, 6.07) is 11.5. The lowest BCUT2D eigenvalue weighted by Gasteiger charge is -2.33. The first-order valence-electron chi connectivity index (χ1n) is 10.1. The van der Waals surface area contributed by atoms with Gasteiger partial charge in [0.25, 0.3) is 0 Å². The Kier molecular flexibility index (Phi) is 8.28. The Labute approximate surface area is 185 Å². The molecule has 0 aromatic heterocycles. The average Bonchev–Trinajstić information content (AvgIpc) is 2.59. The summed E-state index contributed by atoms with van der Waals surface area (Å²) in [6.45, 7) is 14.9. The van der Waals surface area contributed by atoms with E-state index in [0.717, 1.165) is 29.8 Å². The molecule has 0 aliphatic heterocycles. The minimum atomic E-state index is 0.0417. The largest absolute Gasteiger partial charge is 0.490 e. The van der Waals surface area contributed by atoms with Crippen LogP contribution in [0.2, 0.25) is 10.0 Å². The topological polar surface area (TPSA) is 30.5 Å². The highest BCUT2D eigenvalue weighted by Gasteiger charge is 2.24. The predicted octanol–water partition coefficient (Wildman–Crippen LogP) is 7.28. The van der Waals surface area contributed by atoms with Gasteiger partial charge >= 0.3 is 0 Å². The van der Waals surface area contributed by atoms with Crippen LogP contribution in [0.15, 0.2) is 36.4 Å². The van der Waals surface area contributed by atoms with E-state index in [2.05, 4.69) is 46.0 Å². The van der Waals surface area contributed by atoms with Crippen LogP contribution in [0.25, 0.3) is 0 Å². The molecule has 0 spiro atoms. The number of halogens is 2. The normalized spacial score (nSPS) is 12.1. The van der Waals surface area contributed by atoms with Crippen LogP contribution in [0.5, 0.6) is 11.5 Å². The molecule has 0 radical (unpaired) electrons. The van der Waals surface area contributed by atoms with Crippen molar-refractivity contribution in [2.24, 2.45) is 5.41 Å². The predicted molar refractivity (Wildman–Crippen MR) is 123 cm³/mol. The molecule has 0 saturated heterocycles. The van der Waals surface area contributed by atoms with Crippen LogP contribution in [-0.2, 0) is 13.2 Å². The van der Waals surface area contributed by atoms with Gasteiger partial charge in [-0.25, -0.2) is 0 Å². The fourth-order valence-electron chi connectivity index (χ4n) is 3.60. The Balaban J connectivity index is 2.10. The first-order valence-corrected chi connectivity index (χ1v) is 10.8. The second-order valence-corrected chi connectivity index (χ2v) is 9.99. The van der Waals surface area contributed by atoms with E-state index in [1.54, 1.807) is 0 Å². The highest BCUT2D eigenvalue weighted by atomic mass is 35.5. The Morgan fingerprint density at radius 1 is 0.897 bits per heavy atom. The Morgan fingerprint density at radius 3 is 2.14 bits per heavy atom. The van der Waals surface area contributed by atoms with Crippen molar-refractivity contribution in [2.75, 3.05) is 6.61 Å². The van der Waals surface area contributed by atoms with Crippen molar-refractivity contribution < 1.29 is 9.47 Å². The van der Waals surface area contributed by atoms with Crippen molar-refractivity contribution in [1.29, 1.82) is 0 Å². The molecule has 0 saturated carbocycles. The smallest absolute Gasteiger partial charge is 0.161 e. The van der Waals surface area contributed by atoms with Gasteiger partial charge in [0.05, 0.1) is 6.61 Å². The quantitative estimate of drug-likeness (QED) is 0.446. The summed E-state index contributed by atoms with van der Waals surface area (Å²) in [5, 5.41) is 4.85. The molecule has 2 aromatic carbocycles. The fraction of sp³-hybridized carbons (Fsp3) is 0.500. The zero-order valence-corrected chi connectivity index (χ0v) is 19.9. The maximum atomic E-state index is 6.25. The number of hydrogen-bond donors (Lipinski definition) is 1. The molecule has 160 valence electrons. The minimum Gasteiger partial charge on any atom is -0.490 e. The summed E-state index contributed by atoms with van der Waals surface area (Å²) in [5.74, 6) is 1.41. The molecule has 0 bridgehead atoms. The molecule has 0 amide bonds. The van der Waals surface area contributed by atoms with Gasteiger partial charge in [0.1, 0.15) is 6.61 Å². The van der Waals surface area contributed by atoms with Gasteiger partial charge in [-0.1, -0.05) is 56.1 Å². The molecule has 0 aliphatic rings. The van der Waals surface area contributed by atoms with Gasteiger partial charge in [0.15, 0.2) is 11.5 Å². The van der Waals surface area contributed by atoms with Gasteiger partial charge in [-0.2, -0.15) is 0 Å². The van der Waals surface area contributed by atoms with Gasteiger partial charge in [-0.05, 0) is 62.4 Å². The lowest BCUT2D eigenvalue weighted by atomic mass is 9.82. The summed E-state index contributed by atoms with van der Waals surface area (Å²) in [6.07, 6.45) is 1.08. The molecule has 2 aromatic rings. The number of hydrogen-bond acceptors (Lipinski definition) is 3. The molecule has 0 heterocycles. The van der Waals surface area contributed by atoms with E-state index < -0.39 is 0 Å². The molecular weight excluding hydrogens is 405 g/mol. The zero-order valence-electron chi connectivity index (χ0n) is 18.4. The summed E-state index contributed by atoms with van der Waals surface area (Å²) in [4.78, 5) is 0. The highest BCUT2D eigenvalue weighted by Crippen LogP contribution is 2.32. The number of ether oxygens (including phenoxy) is 2. The molecule has 29 heavy (non-hydrogen) atoms. The molecule has 3 nitrogen and oxygen atoms in total. The first-order chi connectivity index (χ1) is 13.5. The second kappa shape index (κ2) is 10.1. The number of nitrogens with one attached hydrogen (secondary N) is 1. The average molecular weight is 438 g/mol. The van der Waals surface area contributed by atoms with E-state index in [1.165, 1.54) is 0 Å². The van der Waals surface area contributed by atoms with Crippen LogP contribution >= 0.6 is 23.2 Å². The van der Waals surface area contributed by atoms with E-state index >= 15 is 0 Å². The molecule has 1 N–H and O–H groups in total. The van der Waals surface area contributed by atoms with E-state index in [-0.39, 0.29) is 17.6 Å². The number of rotatable bonds is 9. The van der Waals surface area contributed by atoms with E-state index in [4.69, 9.17) is 32.7 Å². The maximum absolute atomic E-state index is 6.25. The first kappa shape index (κ1) is 23.9. The lowest BCUT2D eigenvalue weighted by molar-refractivity contribution is 0.240. The standard InChI is InChI=1S/C24H33Cl2NO2/c1-7-28-22-13-17(14-27-24(5,6)16-23(2,3)4)11-12-21(22)29-15-18-19(25)9-8-10-20(18)26/h8-13,27H,7,14-16H2,1-6H3. The van der Waals surface area contributed by atoms with Gasteiger partial charge in [-0.15, -0.1) is 0 Å². The van der Waals surface area contributed by atoms with Crippen molar-refractivity contribution in [2.45, 2.75) is 66.7 Å². The van der Waals surface area contributed by atoms with Crippen molar-refractivity contribution in [1.82, 2.24) is 5.32 Å². The highest BCUT2D eigenvalue weighted by molar-refractivity contribution is 6.35. The fourth-order valence-corrected chi connectivity index (χ4v) is 4.11. The van der Waals surface area contributed by atoms with Gasteiger partial charge in [0, 0.05) is 27.7 Å². The third kappa shape index (κ3) is 7.73. The van der Waals surface area contributed by atoms with Crippen LogP contribution in [0.4, 0.5) is 0 Å². The van der Waals surface area contributed by atoms with E-state index in [0.29, 0.717) is 22.4 Å². The Bertz CT molecular complexity index is 793. The Morgan fingerprint density at radius 2 is 1.55 bits per heavy atom. The summed E-state index contributed by atoms with van der Waals surface area (Å²) < 4.78 is 11.8. The molecular formula is C24H33Cl2NO2.